The second-order valence-corrected chi connectivity index (χ2v) is 4.18. The molecule has 0 aliphatic carbocycles. The molecule has 1 aromatic carbocycles. The van der Waals surface area contributed by atoms with Crippen LogP contribution in [0.15, 0.2) is 18.2 Å². The summed E-state index contributed by atoms with van der Waals surface area (Å²) in [5.74, 6) is 0.829. The lowest BCUT2D eigenvalue weighted by Gasteiger charge is -2.37. The predicted octanol–water partition coefficient (Wildman–Crippen LogP) is 1.13. The number of aromatic amines is 1. The number of hydrogen-bond donors (Lipinski definition) is 2. The summed E-state index contributed by atoms with van der Waals surface area (Å²) in [6.07, 6.45) is 0. The van der Waals surface area contributed by atoms with Crippen molar-refractivity contribution < 1.29 is 9.50 Å². The van der Waals surface area contributed by atoms with Crippen LogP contribution in [0.4, 0.5) is 10.3 Å². The van der Waals surface area contributed by atoms with Crippen molar-refractivity contribution in [2.45, 2.75) is 0 Å². The second kappa shape index (κ2) is 3.45. The van der Waals surface area contributed by atoms with Crippen LogP contribution < -0.4 is 4.90 Å². The maximum absolute atomic E-state index is 13.0. The summed E-state index contributed by atoms with van der Waals surface area (Å²) >= 11 is 0. The first-order valence-corrected chi connectivity index (χ1v) is 5.27. The lowest BCUT2D eigenvalue weighted by molar-refractivity contribution is 0.199. The summed E-state index contributed by atoms with van der Waals surface area (Å²) in [4.78, 5) is 9.48. The van der Waals surface area contributed by atoms with E-state index < -0.39 is 0 Å². The van der Waals surface area contributed by atoms with Gasteiger partial charge in [-0.2, -0.15) is 0 Å². The smallest absolute Gasteiger partial charge is 0.203 e. The van der Waals surface area contributed by atoms with E-state index in [1.54, 1.807) is 6.07 Å². The molecule has 3 rings (SSSR count). The number of benzene rings is 1. The van der Waals surface area contributed by atoms with Crippen molar-refractivity contribution in [1.82, 2.24) is 9.97 Å². The van der Waals surface area contributed by atoms with Crippen LogP contribution in [0.2, 0.25) is 0 Å². The summed E-state index contributed by atoms with van der Waals surface area (Å²) in [6, 6.07) is 4.50. The number of halogens is 1. The van der Waals surface area contributed by atoms with Crippen LogP contribution in [-0.4, -0.2) is 34.8 Å². The van der Waals surface area contributed by atoms with Crippen LogP contribution in [0.1, 0.15) is 0 Å². The number of imidazole rings is 1. The third-order valence-corrected chi connectivity index (χ3v) is 2.95. The summed E-state index contributed by atoms with van der Waals surface area (Å²) in [7, 11) is 0. The minimum absolute atomic E-state index is 0.214. The quantitative estimate of drug-likeness (QED) is 0.799. The van der Waals surface area contributed by atoms with Gasteiger partial charge >= 0.3 is 0 Å². The number of H-pyrrole nitrogens is 1. The van der Waals surface area contributed by atoms with Crippen molar-refractivity contribution in [2.75, 3.05) is 24.6 Å². The molecule has 0 amide bonds. The van der Waals surface area contributed by atoms with Crippen molar-refractivity contribution in [3.05, 3.63) is 24.0 Å². The zero-order valence-electron chi connectivity index (χ0n) is 8.65. The molecular weight excluding hydrogens is 209 g/mol. The number of aliphatic hydroxyl groups is 1. The van der Waals surface area contributed by atoms with Gasteiger partial charge in [-0.25, -0.2) is 9.37 Å². The minimum Gasteiger partial charge on any atom is -0.396 e. The van der Waals surface area contributed by atoms with Gasteiger partial charge in [-0.15, -0.1) is 0 Å². The first kappa shape index (κ1) is 9.59. The van der Waals surface area contributed by atoms with E-state index in [9.17, 15) is 4.39 Å². The van der Waals surface area contributed by atoms with Crippen molar-refractivity contribution in [3.8, 4) is 0 Å². The van der Waals surface area contributed by atoms with Gasteiger partial charge in [-0.3, -0.25) is 0 Å². The lowest BCUT2D eigenvalue weighted by Crippen LogP contribution is -2.48. The molecule has 1 saturated heterocycles. The van der Waals surface area contributed by atoms with Gasteiger partial charge in [0.25, 0.3) is 0 Å². The highest BCUT2D eigenvalue weighted by atomic mass is 19.1. The zero-order chi connectivity index (χ0) is 11.1. The number of rotatable bonds is 2. The molecular formula is C11H12FN3O. The molecule has 0 unspecified atom stereocenters. The Labute approximate surface area is 91.7 Å². The molecule has 1 aliphatic heterocycles. The fourth-order valence-electron chi connectivity index (χ4n) is 1.98. The van der Waals surface area contributed by atoms with Gasteiger partial charge in [-0.05, 0) is 18.2 Å². The Morgan fingerprint density at radius 2 is 2.31 bits per heavy atom. The van der Waals surface area contributed by atoms with Crippen molar-refractivity contribution in [1.29, 1.82) is 0 Å². The third kappa shape index (κ3) is 1.44. The Morgan fingerprint density at radius 1 is 1.50 bits per heavy atom. The summed E-state index contributed by atoms with van der Waals surface area (Å²) in [6.45, 7) is 1.82. The molecule has 0 radical (unpaired) electrons. The van der Waals surface area contributed by atoms with Gasteiger partial charge in [0.05, 0.1) is 11.0 Å². The normalized spacial score (nSPS) is 16.8. The first-order valence-electron chi connectivity index (χ1n) is 5.27. The Balaban J connectivity index is 1.89. The van der Waals surface area contributed by atoms with E-state index in [-0.39, 0.29) is 12.4 Å². The van der Waals surface area contributed by atoms with Crippen molar-refractivity contribution >= 4 is 17.0 Å². The average molecular weight is 221 g/mol. The molecule has 84 valence electrons. The molecule has 1 aliphatic rings. The fraction of sp³-hybridized carbons (Fsp3) is 0.364. The standard InChI is InChI=1S/C11H12FN3O/c12-8-1-2-9-10(3-8)14-11(13-9)15-4-7(5-15)6-16/h1-3,7,16H,4-6H2,(H,13,14). The van der Waals surface area contributed by atoms with Gasteiger partial charge in [0.2, 0.25) is 5.95 Å². The maximum atomic E-state index is 13.0. The van der Waals surface area contributed by atoms with Gasteiger partial charge in [0, 0.05) is 25.6 Å². The number of fused-ring (bicyclic) bond motifs is 1. The maximum Gasteiger partial charge on any atom is 0.203 e. The Kier molecular flexibility index (Phi) is 2.07. The number of anilines is 1. The van der Waals surface area contributed by atoms with Crippen molar-refractivity contribution in [2.24, 2.45) is 5.92 Å². The first-order chi connectivity index (χ1) is 7.76. The highest BCUT2D eigenvalue weighted by Crippen LogP contribution is 2.24. The fourth-order valence-corrected chi connectivity index (χ4v) is 1.98. The van der Waals surface area contributed by atoms with E-state index in [0.717, 1.165) is 24.6 Å². The molecule has 5 heteroatoms. The van der Waals surface area contributed by atoms with Crippen molar-refractivity contribution in [3.63, 3.8) is 0 Å². The highest BCUT2D eigenvalue weighted by molar-refractivity contribution is 5.77. The highest BCUT2D eigenvalue weighted by Gasteiger charge is 2.28. The largest absolute Gasteiger partial charge is 0.396 e. The molecule has 1 fully saturated rings. The van der Waals surface area contributed by atoms with E-state index in [2.05, 4.69) is 9.97 Å². The molecule has 2 aromatic rings. The molecule has 0 atom stereocenters. The van der Waals surface area contributed by atoms with Crippen LogP contribution in [0.25, 0.3) is 11.0 Å². The Morgan fingerprint density at radius 3 is 3.06 bits per heavy atom. The van der Waals surface area contributed by atoms with E-state index in [1.165, 1.54) is 12.1 Å². The van der Waals surface area contributed by atoms with E-state index in [1.807, 2.05) is 4.90 Å². The topological polar surface area (TPSA) is 52.1 Å². The van der Waals surface area contributed by atoms with E-state index in [4.69, 9.17) is 5.11 Å². The molecule has 0 saturated carbocycles. The third-order valence-electron chi connectivity index (χ3n) is 2.95. The van der Waals surface area contributed by atoms with E-state index in [0.29, 0.717) is 11.4 Å². The van der Waals surface area contributed by atoms with Crippen LogP contribution >= 0.6 is 0 Å². The molecule has 2 N–H and O–H groups in total. The van der Waals surface area contributed by atoms with Gasteiger partial charge in [-0.1, -0.05) is 0 Å². The molecule has 1 aromatic heterocycles. The van der Waals surface area contributed by atoms with E-state index >= 15 is 0 Å². The number of nitrogens with one attached hydrogen (secondary N) is 1. The molecule has 0 bridgehead atoms. The molecule has 0 spiro atoms. The monoisotopic (exact) mass is 221 g/mol. The second-order valence-electron chi connectivity index (χ2n) is 4.18. The molecule has 16 heavy (non-hydrogen) atoms. The van der Waals surface area contributed by atoms with Crippen LogP contribution in [-0.2, 0) is 0 Å². The van der Waals surface area contributed by atoms with Crippen LogP contribution in [0, 0.1) is 11.7 Å². The van der Waals surface area contributed by atoms with Crippen LogP contribution in [0.5, 0.6) is 0 Å². The van der Waals surface area contributed by atoms with Crippen LogP contribution in [0.3, 0.4) is 0 Å². The summed E-state index contributed by atoms with van der Waals surface area (Å²) < 4.78 is 13.0. The Hall–Kier alpha value is -1.62. The molecule has 4 nitrogen and oxygen atoms in total. The molecule has 2 heterocycles. The minimum atomic E-state index is -0.264. The number of aliphatic hydroxyl groups excluding tert-OH is 1. The summed E-state index contributed by atoms with van der Waals surface area (Å²) in [5, 5.41) is 8.92. The number of aromatic nitrogens is 2. The lowest BCUT2D eigenvalue weighted by atomic mass is 10.0. The van der Waals surface area contributed by atoms with Gasteiger partial charge in [0.15, 0.2) is 0 Å². The SMILES string of the molecule is OCC1CN(c2nc3ccc(F)cc3[nH]2)C1. The Bertz CT molecular complexity index is 519. The zero-order valence-corrected chi connectivity index (χ0v) is 8.65. The van der Waals surface area contributed by atoms with Gasteiger partial charge < -0.3 is 15.0 Å². The number of hydrogen-bond acceptors (Lipinski definition) is 3. The average Bonchev–Trinajstić information content (AvgIpc) is 2.58. The predicted molar refractivity (Wildman–Crippen MR) is 58.8 cm³/mol. The summed E-state index contributed by atoms with van der Waals surface area (Å²) in [5.41, 5.74) is 1.48. The van der Waals surface area contributed by atoms with Gasteiger partial charge in [0.1, 0.15) is 5.82 Å². The number of nitrogens with zero attached hydrogens (tertiary/aromatic N) is 2.